The molecule has 0 bridgehead atoms. The fourth-order valence-corrected chi connectivity index (χ4v) is 1.80. The molecule has 0 aliphatic rings. The van der Waals surface area contributed by atoms with Crippen LogP contribution in [0.4, 0.5) is 11.4 Å². The topological polar surface area (TPSA) is 85.8 Å². The largest absolute Gasteiger partial charge is 0.396 e. The summed E-state index contributed by atoms with van der Waals surface area (Å²) in [7, 11) is 0. The monoisotopic (exact) mass is 259 g/mol. The molecule has 0 fully saturated rings. The summed E-state index contributed by atoms with van der Waals surface area (Å²) in [5.74, 6) is -0.139. The number of carbonyl (C=O) groups excluding carboxylic acids is 1. The Kier molecular flexibility index (Phi) is 3.50. The Hall–Kier alpha value is -2.37. The van der Waals surface area contributed by atoms with Crippen molar-refractivity contribution in [3.05, 3.63) is 35.4 Å². The van der Waals surface area contributed by atoms with Crippen LogP contribution in [0.2, 0.25) is 0 Å². The molecule has 3 N–H and O–H groups in total. The zero-order valence-electron chi connectivity index (χ0n) is 11.3. The van der Waals surface area contributed by atoms with E-state index in [0.29, 0.717) is 5.69 Å². The molecule has 2 rings (SSSR count). The molecule has 100 valence electrons. The Labute approximate surface area is 111 Å². The molecule has 0 saturated heterocycles. The van der Waals surface area contributed by atoms with Crippen LogP contribution in [-0.2, 0) is 11.3 Å². The first-order valence-electron chi connectivity index (χ1n) is 5.99. The van der Waals surface area contributed by atoms with Crippen molar-refractivity contribution in [1.29, 1.82) is 0 Å². The predicted molar refractivity (Wildman–Crippen MR) is 73.7 cm³/mol. The zero-order valence-corrected chi connectivity index (χ0v) is 11.3. The summed E-state index contributed by atoms with van der Waals surface area (Å²) < 4.78 is 1.61. The highest BCUT2D eigenvalue weighted by molar-refractivity contribution is 5.91. The van der Waals surface area contributed by atoms with E-state index >= 15 is 0 Å². The Morgan fingerprint density at radius 2 is 2.16 bits per heavy atom. The lowest BCUT2D eigenvalue weighted by atomic mass is 10.2. The molecule has 0 aliphatic carbocycles. The number of pyridine rings is 1. The van der Waals surface area contributed by atoms with Gasteiger partial charge in [-0.25, -0.2) is 0 Å². The van der Waals surface area contributed by atoms with Crippen molar-refractivity contribution in [2.75, 3.05) is 11.1 Å². The molecular formula is C13H17N5O. The second-order valence-electron chi connectivity index (χ2n) is 4.48. The maximum Gasteiger partial charge on any atom is 0.246 e. The number of aromatic nitrogens is 3. The highest BCUT2D eigenvalue weighted by Gasteiger charge is 2.12. The van der Waals surface area contributed by atoms with E-state index in [1.54, 1.807) is 23.1 Å². The van der Waals surface area contributed by atoms with Crippen LogP contribution in [0.3, 0.4) is 0 Å². The third-order valence-corrected chi connectivity index (χ3v) is 3.03. The van der Waals surface area contributed by atoms with Crippen molar-refractivity contribution < 1.29 is 4.79 Å². The smallest absolute Gasteiger partial charge is 0.246 e. The van der Waals surface area contributed by atoms with Crippen molar-refractivity contribution in [3.63, 3.8) is 0 Å². The standard InChI is InChI=1S/C13H17N5O/c1-8-6-15-5-4-11(8)16-12(19)7-18-10(3)13(14)9(2)17-18/h4-6H,7,14H2,1-3H3,(H,15,16,19). The number of anilines is 2. The quantitative estimate of drug-likeness (QED) is 0.873. The Morgan fingerprint density at radius 3 is 2.74 bits per heavy atom. The van der Waals surface area contributed by atoms with Gasteiger partial charge >= 0.3 is 0 Å². The lowest BCUT2D eigenvalue weighted by Gasteiger charge is -2.08. The summed E-state index contributed by atoms with van der Waals surface area (Å²) in [4.78, 5) is 16.0. The molecule has 6 heteroatoms. The van der Waals surface area contributed by atoms with Gasteiger partial charge in [-0.2, -0.15) is 5.10 Å². The summed E-state index contributed by atoms with van der Waals surface area (Å²) >= 11 is 0. The van der Waals surface area contributed by atoms with Crippen molar-refractivity contribution in [1.82, 2.24) is 14.8 Å². The van der Waals surface area contributed by atoms with Gasteiger partial charge in [0.25, 0.3) is 0 Å². The highest BCUT2D eigenvalue weighted by Crippen LogP contribution is 2.15. The SMILES string of the molecule is Cc1cnccc1NC(=O)Cn1nc(C)c(N)c1C. The first-order valence-corrected chi connectivity index (χ1v) is 5.99. The number of nitrogen functional groups attached to an aromatic ring is 1. The minimum Gasteiger partial charge on any atom is -0.396 e. The van der Waals surface area contributed by atoms with Crippen molar-refractivity contribution in [2.45, 2.75) is 27.3 Å². The lowest BCUT2D eigenvalue weighted by molar-refractivity contribution is -0.116. The summed E-state index contributed by atoms with van der Waals surface area (Å²) in [5, 5.41) is 7.07. The van der Waals surface area contributed by atoms with Crippen LogP contribution in [0.15, 0.2) is 18.5 Å². The van der Waals surface area contributed by atoms with Crippen molar-refractivity contribution in [3.8, 4) is 0 Å². The number of carbonyl (C=O) groups is 1. The van der Waals surface area contributed by atoms with Crippen LogP contribution in [0, 0.1) is 20.8 Å². The number of nitrogens with zero attached hydrogens (tertiary/aromatic N) is 3. The molecule has 1 amide bonds. The fourth-order valence-electron chi connectivity index (χ4n) is 1.80. The predicted octanol–water partition coefficient (Wildman–Crippen LogP) is 1.42. The van der Waals surface area contributed by atoms with E-state index in [4.69, 9.17) is 5.73 Å². The van der Waals surface area contributed by atoms with Crippen LogP contribution in [0.25, 0.3) is 0 Å². The third-order valence-electron chi connectivity index (χ3n) is 3.03. The molecule has 0 aliphatic heterocycles. The van der Waals surface area contributed by atoms with Crippen molar-refractivity contribution in [2.24, 2.45) is 0 Å². The van der Waals surface area contributed by atoms with E-state index in [9.17, 15) is 4.79 Å². The van der Waals surface area contributed by atoms with E-state index < -0.39 is 0 Å². The van der Waals surface area contributed by atoms with Gasteiger partial charge in [-0.1, -0.05) is 0 Å². The van der Waals surface area contributed by atoms with Gasteiger partial charge in [0.05, 0.1) is 17.1 Å². The van der Waals surface area contributed by atoms with Gasteiger partial charge in [-0.05, 0) is 32.4 Å². The number of amides is 1. The van der Waals surface area contributed by atoms with E-state index in [2.05, 4.69) is 15.4 Å². The number of aryl methyl sites for hydroxylation is 2. The molecule has 0 aromatic carbocycles. The molecule has 19 heavy (non-hydrogen) atoms. The number of nitrogens with two attached hydrogens (primary N) is 1. The minimum absolute atomic E-state index is 0.139. The van der Waals surface area contributed by atoms with Crippen LogP contribution >= 0.6 is 0 Å². The first-order chi connectivity index (χ1) is 8.99. The van der Waals surface area contributed by atoms with Gasteiger partial charge in [0.1, 0.15) is 6.54 Å². The van der Waals surface area contributed by atoms with Gasteiger partial charge in [-0.3, -0.25) is 14.5 Å². The Bertz CT molecular complexity index is 617. The molecule has 2 aromatic rings. The van der Waals surface area contributed by atoms with E-state index in [-0.39, 0.29) is 12.5 Å². The van der Waals surface area contributed by atoms with Gasteiger partial charge in [-0.15, -0.1) is 0 Å². The molecular weight excluding hydrogens is 242 g/mol. The average Bonchev–Trinajstić information content (AvgIpc) is 2.60. The van der Waals surface area contributed by atoms with E-state index in [0.717, 1.165) is 22.6 Å². The summed E-state index contributed by atoms with van der Waals surface area (Å²) in [6.07, 6.45) is 3.35. The van der Waals surface area contributed by atoms with Crippen molar-refractivity contribution >= 4 is 17.3 Å². The number of rotatable bonds is 3. The third kappa shape index (κ3) is 2.73. The van der Waals surface area contributed by atoms with Gasteiger partial charge < -0.3 is 11.1 Å². The maximum atomic E-state index is 12.0. The van der Waals surface area contributed by atoms with Gasteiger partial charge in [0, 0.05) is 18.1 Å². The fraction of sp³-hybridized carbons (Fsp3) is 0.308. The molecule has 0 unspecified atom stereocenters. The molecule has 0 atom stereocenters. The number of hydrogen-bond acceptors (Lipinski definition) is 4. The molecule has 2 aromatic heterocycles. The second kappa shape index (κ2) is 5.09. The highest BCUT2D eigenvalue weighted by atomic mass is 16.2. The lowest BCUT2D eigenvalue weighted by Crippen LogP contribution is -2.20. The van der Waals surface area contributed by atoms with Crippen LogP contribution in [0.5, 0.6) is 0 Å². The molecule has 0 saturated carbocycles. The summed E-state index contributed by atoms with van der Waals surface area (Å²) in [6.45, 7) is 5.71. The van der Waals surface area contributed by atoms with Gasteiger partial charge in [0.2, 0.25) is 5.91 Å². The minimum atomic E-state index is -0.139. The average molecular weight is 259 g/mol. The molecule has 0 radical (unpaired) electrons. The maximum absolute atomic E-state index is 12.0. The zero-order chi connectivity index (χ0) is 14.0. The Balaban J connectivity index is 2.10. The van der Waals surface area contributed by atoms with Crippen LogP contribution in [-0.4, -0.2) is 20.7 Å². The van der Waals surface area contributed by atoms with Gasteiger partial charge in [0.15, 0.2) is 0 Å². The molecule has 6 nitrogen and oxygen atoms in total. The summed E-state index contributed by atoms with van der Waals surface area (Å²) in [6, 6.07) is 1.77. The second-order valence-corrected chi connectivity index (χ2v) is 4.48. The Morgan fingerprint density at radius 1 is 1.42 bits per heavy atom. The first kappa shape index (κ1) is 13.1. The van der Waals surface area contributed by atoms with Crippen LogP contribution in [0.1, 0.15) is 17.0 Å². The summed E-state index contributed by atoms with van der Waals surface area (Å²) in [5.41, 5.74) is 9.69. The normalized spacial score (nSPS) is 10.5. The molecule has 2 heterocycles. The molecule has 0 spiro atoms. The number of hydrogen-bond donors (Lipinski definition) is 2. The van der Waals surface area contributed by atoms with E-state index in [1.807, 2.05) is 20.8 Å². The number of nitrogens with one attached hydrogen (secondary N) is 1. The van der Waals surface area contributed by atoms with Crippen LogP contribution < -0.4 is 11.1 Å². The van der Waals surface area contributed by atoms with E-state index in [1.165, 1.54) is 0 Å².